The number of hydrogen-bond donors (Lipinski definition) is 0. The normalized spacial score (nSPS) is 21.7. The van der Waals surface area contributed by atoms with Crippen molar-refractivity contribution in [1.29, 1.82) is 0 Å². The van der Waals surface area contributed by atoms with Crippen LogP contribution in [0.25, 0.3) is 0 Å². The molecule has 9 heteroatoms. The maximum atomic E-state index is 13.2. The van der Waals surface area contributed by atoms with Crippen molar-refractivity contribution in [3.8, 4) is 5.75 Å². The van der Waals surface area contributed by atoms with Crippen molar-refractivity contribution >= 4 is 35.1 Å². The van der Waals surface area contributed by atoms with Gasteiger partial charge < -0.3 is 9.47 Å². The number of nitrogens with zero attached hydrogens (tertiary/aromatic N) is 3. The number of methoxy groups -OCH3 is 1. The van der Waals surface area contributed by atoms with Crippen molar-refractivity contribution in [2.75, 3.05) is 18.6 Å². The van der Waals surface area contributed by atoms with E-state index in [4.69, 9.17) is 9.47 Å². The number of esters is 1. The van der Waals surface area contributed by atoms with Gasteiger partial charge in [0, 0.05) is 19.4 Å². The van der Waals surface area contributed by atoms with E-state index in [0.29, 0.717) is 11.4 Å². The molecule has 1 aromatic carbocycles. The molecule has 3 amide bonds. The Morgan fingerprint density at radius 2 is 2.00 bits per heavy atom. The monoisotopic (exact) mass is 373 g/mol. The summed E-state index contributed by atoms with van der Waals surface area (Å²) in [5.74, 6) is -1.87. The van der Waals surface area contributed by atoms with Crippen LogP contribution in [0.5, 0.6) is 5.75 Å². The molecule has 0 saturated carbocycles. The quantitative estimate of drug-likeness (QED) is 0.573. The van der Waals surface area contributed by atoms with Crippen molar-refractivity contribution < 1.29 is 28.7 Å². The lowest BCUT2D eigenvalue weighted by Gasteiger charge is -2.28. The zero-order chi connectivity index (χ0) is 19.8. The summed E-state index contributed by atoms with van der Waals surface area (Å²) in [7, 11) is 1.47. The molecule has 0 aromatic heterocycles. The van der Waals surface area contributed by atoms with Crippen molar-refractivity contribution in [2.45, 2.75) is 32.2 Å². The van der Waals surface area contributed by atoms with E-state index in [1.54, 1.807) is 31.2 Å². The predicted octanol–water partition coefficient (Wildman–Crippen LogP) is 0.869. The van der Waals surface area contributed by atoms with E-state index in [9.17, 15) is 19.2 Å². The lowest BCUT2D eigenvalue weighted by molar-refractivity contribution is -0.141. The van der Waals surface area contributed by atoms with E-state index in [0.717, 1.165) is 9.91 Å². The Bertz CT molecular complexity index is 864. The Labute approximate surface area is 155 Å². The SMILES string of the molecule is CCOC(=O)C1=NN(C(C)=O)[C@]2(CC(=O)N(c3cccc(OC)c3)C2=O)C1. The van der Waals surface area contributed by atoms with Gasteiger partial charge in [0.2, 0.25) is 11.8 Å². The van der Waals surface area contributed by atoms with E-state index >= 15 is 0 Å². The largest absolute Gasteiger partial charge is 0.497 e. The third-order valence-electron chi connectivity index (χ3n) is 4.50. The van der Waals surface area contributed by atoms with Crippen LogP contribution < -0.4 is 9.64 Å². The molecular weight excluding hydrogens is 354 g/mol. The molecule has 0 radical (unpaired) electrons. The van der Waals surface area contributed by atoms with Gasteiger partial charge in [0.15, 0.2) is 5.54 Å². The van der Waals surface area contributed by atoms with Gasteiger partial charge in [-0.15, -0.1) is 0 Å². The highest BCUT2D eigenvalue weighted by atomic mass is 16.5. The number of carbonyl (C=O) groups is 4. The minimum absolute atomic E-state index is 0.0549. The number of ether oxygens (including phenoxy) is 2. The number of hydrogen-bond acceptors (Lipinski definition) is 7. The van der Waals surface area contributed by atoms with Crippen LogP contribution in [-0.4, -0.2) is 53.7 Å². The smallest absolute Gasteiger partial charge is 0.354 e. The van der Waals surface area contributed by atoms with Gasteiger partial charge in [0.05, 0.1) is 25.8 Å². The Morgan fingerprint density at radius 3 is 2.63 bits per heavy atom. The lowest BCUT2D eigenvalue weighted by Crippen LogP contribution is -2.51. The van der Waals surface area contributed by atoms with Gasteiger partial charge in [-0.3, -0.25) is 14.4 Å². The third kappa shape index (κ3) is 2.94. The second-order valence-corrected chi connectivity index (χ2v) is 6.22. The van der Waals surface area contributed by atoms with E-state index in [1.165, 1.54) is 14.0 Å². The maximum Gasteiger partial charge on any atom is 0.354 e. The van der Waals surface area contributed by atoms with Gasteiger partial charge >= 0.3 is 5.97 Å². The highest BCUT2D eigenvalue weighted by molar-refractivity contribution is 6.39. The summed E-state index contributed by atoms with van der Waals surface area (Å²) in [5, 5.41) is 4.92. The third-order valence-corrected chi connectivity index (χ3v) is 4.50. The number of benzene rings is 1. The fourth-order valence-electron chi connectivity index (χ4n) is 3.34. The van der Waals surface area contributed by atoms with E-state index in [1.807, 2.05) is 0 Å². The Morgan fingerprint density at radius 1 is 1.26 bits per heavy atom. The Balaban J connectivity index is 1.99. The number of anilines is 1. The fraction of sp³-hybridized carbons (Fsp3) is 0.389. The van der Waals surface area contributed by atoms with Crippen molar-refractivity contribution in [3.05, 3.63) is 24.3 Å². The first kappa shape index (κ1) is 18.6. The second-order valence-electron chi connectivity index (χ2n) is 6.22. The second kappa shape index (κ2) is 6.82. The van der Waals surface area contributed by atoms with Crippen LogP contribution >= 0.6 is 0 Å². The number of amides is 3. The van der Waals surface area contributed by atoms with Crippen LogP contribution in [0.4, 0.5) is 5.69 Å². The molecule has 2 heterocycles. The summed E-state index contributed by atoms with van der Waals surface area (Å²) in [6.07, 6.45) is -0.439. The molecule has 1 atom stereocenters. The number of imide groups is 1. The molecule has 0 N–H and O–H groups in total. The van der Waals surface area contributed by atoms with Crippen LogP contribution in [-0.2, 0) is 23.9 Å². The minimum atomic E-state index is -1.55. The standard InChI is InChI=1S/C18H19N3O6/c1-4-27-16(24)14-9-18(21(19-14)11(2)22)10-15(23)20(17(18)25)12-6-5-7-13(8-12)26-3/h5-8H,4,9-10H2,1-3H3/t18-/m0/s1. The zero-order valence-corrected chi connectivity index (χ0v) is 15.2. The van der Waals surface area contributed by atoms with Crippen molar-refractivity contribution in [2.24, 2.45) is 5.10 Å². The molecule has 3 rings (SSSR count). The number of rotatable bonds is 4. The molecule has 2 aliphatic heterocycles. The molecule has 0 bridgehead atoms. The van der Waals surface area contributed by atoms with Crippen LogP contribution in [0.15, 0.2) is 29.4 Å². The Hall–Kier alpha value is -3.23. The molecule has 27 heavy (non-hydrogen) atoms. The van der Waals surface area contributed by atoms with Gasteiger partial charge in [0.1, 0.15) is 11.5 Å². The summed E-state index contributed by atoms with van der Waals surface area (Å²) in [6, 6.07) is 6.48. The lowest BCUT2D eigenvalue weighted by atomic mass is 9.91. The number of hydrazone groups is 1. The van der Waals surface area contributed by atoms with Crippen LogP contribution in [0.1, 0.15) is 26.7 Å². The van der Waals surface area contributed by atoms with Gasteiger partial charge in [-0.25, -0.2) is 14.7 Å². The molecule has 2 aliphatic rings. The number of carbonyl (C=O) groups excluding carboxylic acids is 4. The predicted molar refractivity (Wildman–Crippen MR) is 94.0 cm³/mol. The van der Waals surface area contributed by atoms with Gasteiger partial charge in [-0.05, 0) is 19.1 Å². The topological polar surface area (TPSA) is 106 Å². The summed E-state index contributed by atoms with van der Waals surface area (Å²) >= 11 is 0. The molecule has 9 nitrogen and oxygen atoms in total. The summed E-state index contributed by atoms with van der Waals surface area (Å²) in [4.78, 5) is 51.1. The molecule has 1 fully saturated rings. The first-order valence-electron chi connectivity index (χ1n) is 8.41. The molecular formula is C18H19N3O6. The summed E-state index contributed by atoms with van der Waals surface area (Å²) < 4.78 is 10.1. The highest BCUT2D eigenvalue weighted by Crippen LogP contribution is 2.41. The first-order valence-corrected chi connectivity index (χ1v) is 8.41. The first-order chi connectivity index (χ1) is 12.8. The van der Waals surface area contributed by atoms with E-state index in [2.05, 4.69) is 5.10 Å². The van der Waals surface area contributed by atoms with Gasteiger partial charge in [-0.1, -0.05) is 6.07 Å². The zero-order valence-electron chi connectivity index (χ0n) is 15.2. The highest BCUT2D eigenvalue weighted by Gasteiger charge is 2.61. The van der Waals surface area contributed by atoms with Gasteiger partial charge in [-0.2, -0.15) is 5.10 Å². The van der Waals surface area contributed by atoms with Crippen molar-refractivity contribution in [1.82, 2.24) is 5.01 Å². The summed E-state index contributed by atoms with van der Waals surface area (Å²) in [5.41, 5.74) is -1.27. The maximum absolute atomic E-state index is 13.2. The van der Waals surface area contributed by atoms with Crippen LogP contribution in [0, 0.1) is 0 Å². The van der Waals surface area contributed by atoms with Crippen molar-refractivity contribution in [3.63, 3.8) is 0 Å². The van der Waals surface area contributed by atoms with Gasteiger partial charge in [0.25, 0.3) is 5.91 Å². The van der Waals surface area contributed by atoms with E-state index < -0.39 is 29.2 Å². The average Bonchev–Trinajstić information content (AvgIpc) is 3.14. The summed E-state index contributed by atoms with van der Waals surface area (Å²) in [6.45, 7) is 3.00. The molecule has 0 unspecified atom stereocenters. The molecule has 1 aromatic rings. The van der Waals surface area contributed by atoms with E-state index in [-0.39, 0.29) is 25.2 Å². The van der Waals surface area contributed by atoms with Crippen LogP contribution in [0.3, 0.4) is 0 Å². The Kier molecular flexibility index (Phi) is 4.69. The average molecular weight is 373 g/mol. The molecule has 0 aliphatic carbocycles. The minimum Gasteiger partial charge on any atom is -0.497 e. The molecule has 142 valence electrons. The molecule has 1 saturated heterocycles. The fourth-order valence-corrected chi connectivity index (χ4v) is 3.34. The van der Waals surface area contributed by atoms with Crippen LogP contribution in [0.2, 0.25) is 0 Å². The molecule has 1 spiro atoms.